The first-order valence-corrected chi connectivity index (χ1v) is 7.45. The number of aryl methyl sites for hydroxylation is 1. The van der Waals surface area contributed by atoms with Crippen LogP contribution >= 0.6 is 0 Å². The van der Waals surface area contributed by atoms with Gasteiger partial charge in [0.05, 0.1) is 18.1 Å². The van der Waals surface area contributed by atoms with Crippen LogP contribution in [0.15, 0.2) is 36.7 Å². The number of nitrogens with zero attached hydrogens (tertiary/aromatic N) is 3. The number of hydrogen-bond acceptors (Lipinski definition) is 2. The summed E-state index contributed by atoms with van der Waals surface area (Å²) < 4.78 is 25.4. The molecule has 1 aromatic heterocycles. The standard InChI is InChI=1S/C16H18F2N4O/c1-11-4-2-3-5-13(11)6-12-8-21(9-12)16(23)20-14-7-19-22(10-14)15(17)18/h2-5,7,10,12,15H,6,8-9H2,1H3,(H,20,23). The van der Waals surface area contributed by atoms with Crippen LogP contribution in [0.25, 0.3) is 0 Å². The van der Waals surface area contributed by atoms with E-state index in [1.807, 2.05) is 12.1 Å². The highest BCUT2D eigenvalue weighted by Crippen LogP contribution is 2.23. The number of hydrogen-bond donors (Lipinski definition) is 1. The zero-order chi connectivity index (χ0) is 16.4. The number of benzene rings is 1. The lowest BCUT2D eigenvalue weighted by atomic mass is 9.90. The van der Waals surface area contributed by atoms with Gasteiger partial charge in [0.2, 0.25) is 0 Å². The topological polar surface area (TPSA) is 50.2 Å². The molecule has 0 unspecified atom stereocenters. The average molecular weight is 320 g/mol. The second-order valence-corrected chi connectivity index (χ2v) is 5.82. The Morgan fingerprint density at radius 3 is 2.78 bits per heavy atom. The second kappa shape index (κ2) is 6.36. The molecule has 0 saturated carbocycles. The quantitative estimate of drug-likeness (QED) is 0.940. The minimum absolute atomic E-state index is 0.276. The lowest BCUT2D eigenvalue weighted by molar-refractivity contribution is 0.0566. The fraction of sp³-hybridized carbons (Fsp3) is 0.375. The Balaban J connectivity index is 1.49. The highest BCUT2D eigenvalue weighted by atomic mass is 19.3. The van der Waals surface area contributed by atoms with Crippen molar-refractivity contribution in [2.24, 2.45) is 5.92 Å². The van der Waals surface area contributed by atoms with Crippen LogP contribution < -0.4 is 5.32 Å². The maximum absolute atomic E-state index is 12.4. The van der Waals surface area contributed by atoms with Gasteiger partial charge in [0.25, 0.3) is 0 Å². The summed E-state index contributed by atoms with van der Waals surface area (Å²) in [6.07, 6.45) is 3.28. The first kappa shape index (κ1) is 15.5. The van der Waals surface area contributed by atoms with E-state index >= 15 is 0 Å². The number of urea groups is 1. The fourth-order valence-electron chi connectivity index (χ4n) is 2.73. The Morgan fingerprint density at radius 1 is 1.39 bits per heavy atom. The molecule has 0 atom stereocenters. The van der Waals surface area contributed by atoms with Crippen LogP contribution in [-0.2, 0) is 6.42 Å². The fourth-order valence-corrected chi connectivity index (χ4v) is 2.73. The molecule has 2 heterocycles. The molecular formula is C16H18F2N4O. The molecular weight excluding hydrogens is 302 g/mol. The number of amides is 2. The largest absolute Gasteiger partial charge is 0.333 e. The number of anilines is 1. The summed E-state index contributed by atoms with van der Waals surface area (Å²) in [5, 5.41) is 6.07. The van der Waals surface area contributed by atoms with Crippen molar-refractivity contribution < 1.29 is 13.6 Å². The predicted octanol–water partition coefficient (Wildman–Crippen LogP) is 3.29. The number of rotatable bonds is 4. The summed E-state index contributed by atoms with van der Waals surface area (Å²) in [5.41, 5.74) is 2.84. The Kier molecular flexibility index (Phi) is 4.27. The molecule has 3 rings (SSSR count). The number of nitrogens with one attached hydrogen (secondary N) is 1. The Hall–Kier alpha value is -2.44. The van der Waals surface area contributed by atoms with Crippen LogP contribution in [0.3, 0.4) is 0 Å². The molecule has 5 nitrogen and oxygen atoms in total. The summed E-state index contributed by atoms with van der Waals surface area (Å²) in [7, 11) is 0. The van der Waals surface area contributed by atoms with Gasteiger partial charge in [0.15, 0.2) is 0 Å². The summed E-state index contributed by atoms with van der Waals surface area (Å²) in [4.78, 5) is 13.7. The van der Waals surface area contributed by atoms with Gasteiger partial charge in [-0.2, -0.15) is 13.9 Å². The van der Waals surface area contributed by atoms with Gasteiger partial charge in [-0.25, -0.2) is 9.48 Å². The van der Waals surface area contributed by atoms with Crippen molar-refractivity contribution in [1.82, 2.24) is 14.7 Å². The maximum atomic E-state index is 12.4. The van der Waals surface area contributed by atoms with E-state index in [0.717, 1.165) is 12.6 Å². The van der Waals surface area contributed by atoms with Crippen LogP contribution in [0.2, 0.25) is 0 Å². The molecule has 23 heavy (non-hydrogen) atoms. The van der Waals surface area contributed by atoms with Crippen LogP contribution in [0.4, 0.5) is 19.3 Å². The van der Waals surface area contributed by atoms with E-state index in [2.05, 4.69) is 29.5 Å². The number of carbonyl (C=O) groups excluding carboxylic acids is 1. The van der Waals surface area contributed by atoms with Crippen LogP contribution in [0, 0.1) is 12.8 Å². The minimum atomic E-state index is -2.71. The van der Waals surface area contributed by atoms with Crippen molar-refractivity contribution in [3.05, 3.63) is 47.8 Å². The molecule has 1 saturated heterocycles. The average Bonchev–Trinajstić information content (AvgIpc) is 2.92. The first-order chi connectivity index (χ1) is 11.0. The molecule has 1 fully saturated rings. The molecule has 0 aliphatic carbocycles. The van der Waals surface area contributed by atoms with E-state index in [1.165, 1.54) is 17.3 Å². The third-order valence-corrected chi connectivity index (χ3v) is 4.07. The van der Waals surface area contributed by atoms with Gasteiger partial charge in [-0.3, -0.25) is 0 Å². The van der Waals surface area contributed by atoms with Crippen molar-refractivity contribution in [1.29, 1.82) is 0 Å². The molecule has 7 heteroatoms. The Morgan fingerprint density at radius 2 is 2.13 bits per heavy atom. The smallest absolute Gasteiger partial charge is 0.324 e. The molecule has 2 amide bonds. The lowest BCUT2D eigenvalue weighted by Gasteiger charge is -2.39. The highest BCUT2D eigenvalue weighted by Gasteiger charge is 2.31. The normalized spacial score (nSPS) is 14.9. The van der Waals surface area contributed by atoms with E-state index in [0.29, 0.717) is 23.7 Å². The third kappa shape index (κ3) is 3.49. The molecule has 122 valence electrons. The number of likely N-dealkylation sites (tertiary alicyclic amines) is 1. The van der Waals surface area contributed by atoms with Gasteiger partial charge in [0.1, 0.15) is 0 Å². The van der Waals surface area contributed by atoms with E-state index in [4.69, 9.17) is 0 Å². The zero-order valence-corrected chi connectivity index (χ0v) is 12.7. The second-order valence-electron chi connectivity index (χ2n) is 5.82. The number of alkyl halides is 2. The molecule has 2 aromatic rings. The van der Waals surface area contributed by atoms with E-state index in [9.17, 15) is 13.6 Å². The van der Waals surface area contributed by atoms with E-state index in [-0.39, 0.29) is 11.7 Å². The van der Waals surface area contributed by atoms with Crippen molar-refractivity contribution in [2.45, 2.75) is 19.9 Å². The van der Waals surface area contributed by atoms with Gasteiger partial charge in [0, 0.05) is 13.1 Å². The SMILES string of the molecule is Cc1ccccc1CC1CN(C(=O)Nc2cnn(C(F)F)c2)C1. The molecule has 0 spiro atoms. The molecule has 0 bridgehead atoms. The summed E-state index contributed by atoms with van der Waals surface area (Å²) in [6, 6.07) is 7.95. The van der Waals surface area contributed by atoms with Crippen molar-refractivity contribution >= 4 is 11.7 Å². The summed E-state index contributed by atoms with van der Waals surface area (Å²) in [5.74, 6) is 0.436. The molecule has 0 radical (unpaired) electrons. The monoisotopic (exact) mass is 320 g/mol. The molecule has 1 aromatic carbocycles. The van der Waals surface area contributed by atoms with Gasteiger partial charge < -0.3 is 10.2 Å². The van der Waals surface area contributed by atoms with Gasteiger partial charge in [-0.05, 0) is 30.4 Å². The van der Waals surface area contributed by atoms with Crippen molar-refractivity contribution in [3.63, 3.8) is 0 Å². The lowest BCUT2D eigenvalue weighted by Crippen LogP contribution is -2.52. The molecule has 1 aliphatic rings. The Bertz CT molecular complexity index is 695. The minimum Gasteiger partial charge on any atom is -0.324 e. The molecule has 1 aliphatic heterocycles. The van der Waals surface area contributed by atoms with E-state index < -0.39 is 6.55 Å². The van der Waals surface area contributed by atoms with Crippen LogP contribution in [0.5, 0.6) is 0 Å². The first-order valence-electron chi connectivity index (χ1n) is 7.45. The van der Waals surface area contributed by atoms with Crippen LogP contribution in [-0.4, -0.2) is 33.8 Å². The zero-order valence-electron chi connectivity index (χ0n) is 12.7. The van der Waals surface area contributed by atoms with E-state index in [1.54, 1.807) is 4.90 Å². The number of carbonyl (C=O) groups is 1. The van der Waals surface area contributed by atoms with Gasteiger partial charge in [-0.1, -0.05) is 24.3 Å². The maximum Gasteiger partial charge on any atom is 0.333 e. The highest BCUT2D eigenvalue weighted by molar-refractivity contribution is 5.89. The summed E-state index contributed by atoms with van der Waals surface area (Å²) in [6.45, 7) is 0.717. The predicted molar refractivity (Wildman–Crippen MR) is 82.4 cm³/mol. The van der Waals surface area contributed by atoms with Crippen molar-refractivity contribution in [3.8, 4) is 0 Å². The number of halogens is 2. The van der Waals surface area contributed by atoms with Crippen LogP contribution in [0.1, 0.15) is 17.7 Å². The molecule has 1 N–H and O–H groups in total. The Labute approximate surface area is 132 Å². The third-order valence-electron chi connectivity index (χ3n) is 4.07. The number of aromatic nitrogens is 2. The van der Waals surface area contributed by atoms with Gasteiger partial charge in [-0.15, -0.1) is 0 Å². The van der Waals surface area contributed by atoms with Gasteiger partial charge >= 0.3 is 12.6 Å². The summed E-state index contributed by atoms with van der Waals surface area (Å²) >= 11 is 0. The van der Waals surface area contributed by atoms with Crippen molar-refractivity contribution in [2.75, 3.05) is 18.4 Å².